The minimum absolute atomic E-state index is 0.0123. The molecule has 0 radical (unpaired) electrons. The van der Waals surface area contributed by atoms with Crippen LogP contribution in [0, 0.1) is 5.41 Å². The third-order valence-corrected chi connectivity index (χ3v) is 3.64. The van der Waals surface area contributed by atoms with Crippen LogP contribution in [0.1, 0.15) is 39.5 Å². The van der Waals surface area contributed by atoms with Gasteiger partial charge in [0.05, 0.1) is 12.0 Å². The average Bonchev–Trinajstić information content (AvgIpc) is 2.36. The highest BCUT2D eigenvalue weighted by atomic mass is 16.4. The summed E-state index contributed by atoms with van der Waals surface area (Å²) in [5, 5.41) is 12.4. The van der Waals surface area contributed by atoms with E-state index in [0.717, 1.165) is 19.4 Å². The van der Waals surface area contributed by atoms with Gasteiger partial charge in [0.15, 0.2) is 0 Å². The Hall–Kier alpha value is -1.10. The van der Waals surface area contributed by atoms with Crippen LogP contribution in [0.25, 0.3) is 0 Å². The molecule has 1 heterocycles. The van der Waals surface area contributed by atoms with Gasteiger partial charge in [0, 0.05) is 13.1 Å². The number of carboxylic acids is 1. The van der Waals surface area contributed by atoms with Gasteiger partial charge >= 0.3 is 5.97 Å². The molecular formula is C13H24N2O3. The number of rotatable bonds is 6. The molecule has 1 saturated heterocycles. The molecule has 0 aromatic carbocycles. The van der Waals surface area contributed by atoms with Crippen LogP contribution in [-0.4, -0.2) is 48.1 Å². The van der Waals surface area contributed by atoms with Crippen molar-refractivity contribution in [3.05, 3.63) is 0 Å². The number of nitrogens with zero attached hydrogens (tertiary/aromatic N) is 1. The molecule has 0 aromatic heterocycles. The summed E-state index contributed by atoms with van der Waals surface area (Å²) < 4.78 is 0. The van der Waals surface area contributed by atoms with Crippen molar-refractivity contribution in [1.82, 2.24) is 10.2 Å². The van der Waals surface area contributed by atoms with Crippen molar-refractivity contribution in [2.45, 2.75) is 39.5 Å². The lowest BCUT2D eigenvalue weighted by Crippen LogP contribution is -2.51. The first-order chi connectivity index (χ1) is 8.55. The fourth-order valence-electron chi connectivity index (χ4n) is 2.65. The minimum Gasteiger partial charge on any atom is -0.481 e. The van der Waals surface area contributed by atoms with E-state index in [-0.39, 0.29) is 5.91 Å². The second kappa shape index (κ2) is 6.73. The van der Waals surface area contributed by atoms with Crippen molar-refractivity contribution in [3.8, 4) is 0 Å². The number of likely N-dealkylation sites (N-methyl/N-ethyl adjacent to an activating group) is 1. The number of carbonyl (C=O) groups is 2. The molecule has 1 amide bonds. The summed E-state index contributed by atoms with van der Waals surface area (Å²) in [6.07, 6.45) is 2.94. The third-order valence-electron chi connectivity index (χ3n) is 3.64. The zero-order valence-electron chi connectivity index (χ0n) is 11.4. The van der Waals surface area contributed by atoms with E-state index in [2.05, 4.69) is 5.32 Å². The summed E-state index contributed by atoms with van der Waals surface area (Å²) in [4.78, 5) is 25.1. The van der Waals surface area contributed by atoms with Crippen LogP contribution in [-0.2, 0) is 9.59 Å². The molecule has 0 aromatic rings. The van der Waals surface area contributed by atoms with Gasteiger partial charge in [-0.05, 0) is 25.8 Å². The van der Waals surface area contributed by atoms with Crippen molar-refractivity contribution >= 4 is 11.9 Å². The maximum absolute atomic E-state index is 11.9. The van der Waals surface area contributed by atoms with E-state index in [0.29, 0.717) is 32.5 Å². The Morgan fingerprint density at radius 1 is 1.39 bits per heavy atom. The molecule has 18 heavy (non-hydrogen) atoms. The monoisotopic (exact) mass is 256 g/mol. The number of nitrogens with one attached hydrogen (secondary N) is 1. The number of piperidine rings is 1. The highest BCUT2D eigenvalue weighted by Crippen LogP contribution is 2.35. The lowest BCUT2D eigenvalue weighted by Gasteiger charge is -2.40. The fourth-order valence-corrected chi connectivity index (χ4v) is 2.65. The number of carbonyl (C=O) groups excluding carboxylic acids is 1. The van der Waals surface area contributed by atoms with E-state index in [4.69, 9.17) is 0 Å². The second-order valence-corrected chi connectivity index (χ2v) is 5.03. The Kier molecular flexibility index (Phi) is 5.59. The smallest absolute Gasteiger partial charge is 0.311 e. The van der Waals surface area contributed by atoms with E-state index < -0.39 is 11.4 Å². The van der Waals surface area contributed by atoms with Crippen LogP contribution in [0.15, 0.2) is 0 Å². The van der Waals surface area contributed by atoms with E-state index in [1.54, 1.807) is 4.90 Å². The summed E-state index contributed by atoms with van der Waals surface area (Å²) >= 11 is 0. The summed E-state index contributed by atoms with van der Waals surface area (Å²) in [5.41, 5.74) is -0.727. The Bertz CT molecular complexity index is 303. The van der Waals surface area contributed by atoms with E-state index in [1.807, 2.05) is 13.8 Å². The minimum atomic E-state index is -0.759. The fraction of sp³-hybridized carbons (Fsp3) is 0.846. The topological polar surface area (TPSA) is 69.6 Å². The van der Waals surface area contributed by atoms with E-state index in [9.17, 15) is 14.7 Å². The normalized spacial score (nSPS) is 24.0. The van der Waals surface area contributed by atoms with Crippen LogP contribution in [0.4, 0.5) is 0 Å². The molecule has 2 N–H and O–H groups in total. The summed E-state index contributed by atoms with van der Waals surface area (Å²) in [5.74, 6) is -0.747. The lowest BCUT2D eigenvalue weighted by molar-refractivity contribution is -0.155. The summed E-state index contributed by atoms with van der Waals surface area (Å²) in [6.45, 7) is 6.03. The van der Waals surface area contributed by atoms with Crippen molar-refractivity contribution in [2.24, 2.45) is 5.41 Å². The van der Waals surface area contributed by atoms with Gasteiger partial charge in [-0.1, -0.05) is 20.3 Å². The standard InChI is InChI=1S/C13H24N2O3/c1-3-6-13(12(17)18)7-5-8-15(10-13)11(16)9-14-4-2/h14H,3-10H2,1-2H3,(H,17,18). The number of aliphatic carboxylic acids is 1. The molecule has 1 unspecified atom stereocenters. The van der Waals surface area contributed by atoms with Gasteiger partial charge < -0.3 is 15.3 Å². The first-order valence-corrected chi connectivity index (χ1v) is 6.77. The number of amides is 1. The molecule has 1 aliphatic heterocycles. The summed E-state index contributed by atoms with van der Waals surface area (Å²) in [7, 11) is 0. The lowest BCUT2D eigenvalue weighted by atomic mass is 9.76. The molecule has 0 bridgehead atoms. The predicted molar refractivity (Wildman–Crippen MR) is 69.3 cm³/mol. The molecule has 5 nitrogen and oxygen atoms in total. The molecule has 104 valence electrons. The zero-order valence-corrected chi connectivity index (χ0v) is 11.4. The number of likely N-dealkylation sites (tertiary alicyclic amines) is 1. The second-order valence-electron chi connectivity index (χ2n) is 5.03. The van der Waals surface area contributed by atoms with E-state index >= 15 is 0 Å². The van der Waals surface area contributed by atoms with Crippen LogP contribution >= 0.6 is 0 Å². The largest absolute Gasteiger partial charge is 0.481 e. The zero-order chi connectivity index (χ0) is 13.6. The molecule has 1 rings (SSSR count). The number of hydrogen-bond acceptors (Lipinski definition) is 3. The van der Waals surface area contributed by atoms with E-state index in [1.165, 1.54) is 0 Å². The Balaban J connectivity index is 2.68. The Morgan fingerprint density at radius 3 is 2.67 bits per heavy atom. The predicted octanol–water partition coefficient (Wildman–Crippen LogP) is 1.09. The molecule has 0 aliphatic carbocycles. The quantitative estimate of drug-likeness (QED) is 0.746. The average molecular weight is 256 g/mol. The summed E-state index contributed by atoms with van der Waals surface area (Å²) in [6, 6.07) is 0. The highest BCUT2D eigenvalue weighted by molar-refractivity contribution is 5.81. The Labute approximate surface area is 109 Å². The number of carboxylic acid groups (broad SMARTS) is 1. The highest BCUT2D eigenvalue weighted by Gasteiger charge is 2.42. The van der Waals surface area contributed by atoms with Crippen LogP contribution in [0.5, 0.6) is 0 Å². The van der Waals surface area contributed by atoms with Crippen molar-refractivity contribution in [1.29, 1.82) is 0 Å². The first kappa shape index (κ1) is 15.0. The van der Waals surface area contributed by atoms with Gasteiger partial charge in [0.25, 0.3) is 0 Å². The van der Waals surface area contributed by atoms with Gasteiger partial charge in [0.2, 0.25) is 5.91 Å². The van der Waals surface area contributed by atoms with Crippen LogP contribution in [0.2, 0.25) is 0 Å². The molecule has 1 aliphatic rings. The molecular weight excluding hydrogens is 232 g/mol. The van der Waals surface area contributed by atoms with Crippen molar-refractivity contribution in [2.75, 3.05) is 26.2 Å². The van der Waals surface area contributed by atoms with Gasteiger partial charge in [0.1, 0.15) is 0 Å². The maximum atomic E-state index is 11.9. The van der Waals surface area contributed by atoms with Gasteiger partial charge in [-0.15, -0.1) is 0 Å². The molecule has 1 atom stereocenters. The van der Waals surface area contributed by atoms with Gasteiger partial charge in [-0.2, -0.15) is 0 Å². The Morgan fingerprint density at radius 2 is 2.11 bits per heavy atom. The third kappa shape index (κ3) is 3.45. The van der Waals surface area contributed by atoms with Crippen LogP contribution in [0.3, 0.4) is 0 Å². The molecule has 5 heteroatoms. The molecule has 1 fully saturated rings. The number of hydrogen-bond donors (Lipinski definition) is 2. The maximum Gasteiger partial charge on any atom is 0.311 e. The van der Waals surface area contributed by atoms with Crippen LogP contribution < -0.4 is 5.32 Å². The van der Waals surface area contributed by atoms with Gasteiger partial charge in [-0.25, -0.2) is 0 Å². The SMILES string of the molecule is CCCC1(C(=O)O)CCCN(C(=O)CNCC)C1. The van der Waals surface area contributed by atoms with Crippen molar-refractivity contribution < 1.29 is 14.7 Å². The molecule has 0 spiro atoms. The van der Waals surface area contributed by atoms with Crippen molar-refractivity contribution in [3.63, 3.8) is 0 Å². The first-order valence-electron chi connectivity index (χ1n) is 6.77. The van der Waals surface area contributed by atoms with Gasteiger partial charge in [-0.3, -0.25) is 9.59 Å². The molecule has 0 saturated carbocycles.